The van der Waals surface area contributed by atoms with Gasteiger partial charge in [0.2, 0.25) is 23.6 Å². The van der Waals surface area contributed by atoms with E-state index in [1.165, 1.54) is 57.6 Å². The number of carbonyl (C=O) groups excluding carboxylic acids is 4. The summed E-state index contributed by atoms with van der Waals surface area (Å²) < 4.78 is 23.4. The van der Waals surface area contributed by atoms with Gasteiger partial charge in [-0.3, -0.25) is 19.2 Å². The summed E-state index contributed by atoms with van der Waals surface area (Å²) >= 11 is 0. The van der Waals surface area contributed by atoms with Gasteiger partial charge in [-0.15, -0.1) is 0 Å². The van der Waals surface area contributed by atoms with Crippen LogP contribution in [-0.4, -0.2) is 162 Å². The lowest BCUT2D eigenvalue weighted by Crippen LogP contribution is -2.39. The van der Waals surface area contributed by atoms with Crippen LogP contribution in [0.15, 0.2) is 346 Å². The van der Waals surface area contributed by atoms with Crippen molar-refractivity contribution in [2.45, 2.75) is 77.0 Å². The molecule has 18 nitrogen and oxygen atoms in total. The number of para-hydroxylation sites is 9. The predicted octanol–water partition coefficient (Wildman–Crippen LogP) is 22.4. The number of nitrogens with one attached hydrogen (secondary N) is 4. The molecule has 19 heteroatoms. The van der Waals surface area contributed by atoms with Crippen LogP contribution in [0.25, 0.3) is 0 Å². The van der Waals surface area contributed by atoms with Crippen LogP contribution >= 0.6 is 0 Å². The molecule has 4 aliphatic heterocycles. The number of rotatable bonds is 34. The molecule has 0 spiro atoms. The smallest absolute Gasteiger partial charge is 0.224 e. The standard InChI is InChI=1S/2C28H33N3O2.C27H30FN3O.C27H31N3O/c1-33-27-14-8-9-24(22-27)29-28(32)21-23-15-17-30(18-16-23)19-20-31(25-10-4-2-5-11-25)26-12-6-3-7-13-26;1-33-27-14-12-24(13-15-27)29-28(32)22-23-16-18-30(19-17-23)20-21-31(25-8-4-2-5-9-25)26-10-6-3-7-11-26;28-23-11-13-24(14-12-23)29-27(32)21-22-15-17-30(18-16-22)19-20-31(25-7-3-1-4-8-25)26-9-5-2-6-10-26;31-27(28-24-10-4-1-5-11-24)22-23-16-18-29(19-17-23)20-21-30(25-12-6-2-7-13-25)26-14-8-3-9-15-26/h2-14,22-23H,15-21H2,1H3,(H,29,32);2-15,23H,16-22H2,1H3,(H,29,32);1-14,22H,15-21H2,(H,29,32);1-15,23H,16-22H2,(H,28,31). The number of nitrogens with zero attached hydrogens (tertiary/aromatic N) is 8. The summed E-state index contributed by atoms with van der Waals surface area (Å²) in [7, 11) is 3.27. The fraction of sp³-hybridized carbons (Fsp3) is 0.309. The van der Waals surface area contributed by atoms with E-state index in [1.54, 1.807) is 26.4 Å². The number of carbonyl (C=O) groups is 4. The van der Waals surface area contributed by atoms with E-state index in [-0.39, 0.29) is 29.4 Å². The highest BCUT2D eigenvalue weighted by molar-refractivity contribution is 5.93. The van der Waals surface area contributed by atoms with Crippen molar-refractivity contribution in [1.82, 2.24) is 19.6 Å². The van der Waals surface area contributed by atoms with Crippen molar-refractivity contribution in [3.05, 3.63) is 352 Å². The van der Waals surface area contributed by atoms with Crippen molar-refractivity contribution in [2.75, 3.05) is 160 Å². The molecule has 0 radical (unpaired) electrons. The number of methoxy groups -OCH3 is 2. The van der Waals surface area contributed by atoms with E-state index < -0.39 is 0 Å². The fourth-order valence-electron chi connectivity index (χ4n) is 17.4. The van der Waals surface area contributed by atoms with Crippen molar-refractivity contribution >= 4 is 91.9 Å². The Morgan fingerprint density at radius 1 is 0.264 bits per heavy atom. The van der Waals surface area contributed by atoms with Crippen molar-refractivity contribution in [2.24, 2.45) is 23.7 Å². The summed E-state index contributed by atoms with van der Waals surface area (Å²) in [4.78, 5) is 69.3. The maximum absolute atomic E-state index is 13.0. The van der Waals surface area contributed by atoms with Crippen LogP contribution in [0.4, 0.5) is 72.6 Å². The van der Waals surface area contributed by atoms with Crippen LogP contribution < -0.4 is 50.3 Å². The molecule has 4 aliphatic rings. The number of piperidine rings is 4. The van der Waals surface area contributed by atoms with Gasteiger partial charge in [-0.25, -0.2) is 4.39 Å². The third-order valence-corrected chi connectivity index (χ3v) is 24.7. The summed E-state index contributed by atoms with van der Waals surface area (Å²) in [5.74, 6) is 3.31. The lowest BCUT2D eigenvalue weighted by molar-refractivity contribution is -0.118. The molecule has 4 fully saturated rings. The largest absolute Gasteiger partial charge is 0.497 e. The molecule has 670 valence electrons. The lowest BCUT2D eigenvalue weighted by atomic mass is 9.93. The van der Waals surface area contributed by atoms with Crippen LogP contribution in [0.5, 0.6) is 11.5 Å². The van der Waals surface area contributed by atoms with Crippen molar-refractivity contribution in [3.8, 4) is 11.5 Å². The second-order valence-corrected chi connectivity index (χ2v) is 33.8. The maximum Gasteiger partial charge on any atom is 0.224 e. The lowest BCUT2D eigenvalue weighted by Gasteiger charge is -2.34. The third kappa shape index (κ3) is 31.2. The Balaban J connectivity index is 0.000000147. The third-order valence-electron chi connectivity index (χ3n) is 24.7. The molecule has 0 aliphatic carbocycles. The second-order valence-electron chi connectivity index (χ2n) is 33.8. The first-order valence-corrected chi connectivity index (χ1v) is 46.1. The van der Waals surface area contributed by atoms with Crippen LogP contribution in [-0.2, 0) is 19.2 Å². The number of anilines is 12. The highest BCUT2D eigenvalue weighted by Gasteiger charge is 2.28. The fourth-order valence-corrected chi connectivity index (χ4v) is 17.4. The van der Waals surface area contributed by atoms with Gasteiger partial charge in [0, 0.05) is 152 Å². The molecule has 12 aromatic carbocycles. The number of halogens is 1. The Morgan fingerprint density at radius 2 is 0.473 bits per heavy atom. The second kappa shape index (κ2) is 51.2. The first-order valence-electron chi connectivity index (χ1n) is 46.1. The summed E-state index contributed by atoms with van der Waals surface area (Å²) in [6.07, 6.45) is 10.7. The molecule has 129 heavy (non-hydrogen) atoms. The summed E-state index contributed by atoms with van der Waals surface area (Å²) in [5, 5.41) is 11.9. The molecule has 0 atom stereocenters. The molecule has 16 rings (SSSR count). The van der Waals surface area contributed by atoms with E-state index in [4.69, 9.17) is 9.47 Å². The van der Waals surface area contributed by atoms with Crippen LogP contribution in [0.2, 0.25) is 0 Å². The number of benzene rings is 12. The van der Waals surface area contributed by atoms with E-state index in [1.807, 2.05) is 91.0 Å². The molecule has 4 heterocycles. The van der Waals surface area contributed by atoms with E-state index in [0.29, 0.717) is 55.0 Å². The van der Waals surface area contributed by atoms with E-state index >= 15 is 0 Å². The summed E-state index contributed by atoms with van der Waals surface area (Å²) in [6, 6.07) is 115. The Labute approximate surface area is 763 Å². The van der Waals surface area contributed by atoms with Crippen molar-refractivity contribution < 1.29 is 33.0 Å². The van der Waals surface area contributed by atoms with Crippen molar-refractivity contribution in [1.29, 1.82) is 0 Å². The van der Waals surface area contributed by atoms with Gasteiger partial charge in [-0.05, 0) is 297 Å². The Hall–Kier alpha value is -12.9. The molecular weight excluding hydrogens is 1600 g/mol. The number of amides is 4. The topological polar surface area (TPSA) is 161 Å². The van der Waals surface area contributed by atoms with Gasteiger partial charge >= 0.3 is 0 Å². The van der Waals surface area contributed by atoms with Gasteiger partial charge in [0.05, 0.1) is 14.2 Å². The molecule has 4 saturated heterocycles. The van der Waals surface area contributed by atoms with Crippen LogP contribution in [0.3, 0.4) is 0 Å². The first-order chi connectivity index (χ1) is 63.4. The maximum atomic E-state index is 13.0. The highest BCUT2D eigenvalue weighted by Crippen LogP contribution is 2.33. The predicted molar refractivity (Wildman–Crippen MR) is 528 cm³/mol. The van der Waals surface area contributed by atoms with Gasteiger partial charge in [0.15, 0.2) is 0 Å². The Kier molecular flexibility index (Phi) is 37.2. The zero-order valence-electron chi connectivity index (χ0n) is 74.9. The zero-order chi connectivity index (χ0) is 89.2. The molecule has 12 aromatic rings. The minimum absolute atomic E-state index is 0.00869. The van der Waals surface area contributed by atoms with E-state index in [0.717, 1.165) is 185 Å². The number of hydrogen-bond donors (Lipinski definition) is 4. The highest BCUT2D eigenvalue weighted by atomic mass is 19.1. The van der Waals surface area contributed by atoms with Crippen LogP contribution in [0, 0.1) is 29.5 Å². The summed E-state index contributed by atoms with van der Waals surface area (Å²) in [6.45, 7) is 16.0. The van der Waals surface area contributed by atoms with Gasteiger partial charge in [-0.2, -0.15) is 0 Å². The first kappa shape index (κ1) is 93.7. The van der Waals surface area contributed by atoms with Gasteiger partial charge in [0.25, 0.3) is 0 Å². The van der Waals surface area contributed by atoms with Gasteiger partial charge < -0.3 is 69.9 Å². The zero-order valence-corrected chi connectivity index (χ0v) is 74.9. The number of likely N-dealkylation sites (tertiary alicyclic amines) is 4. The van der Waals surface area contributed by atoms with E-state index in [9.17, 15) is 23.6 Å². The monoisotopic (exact) mass is 1730 g/mol. The normalized spacial score (nSPS) is 14.7. The SMILES string of the molecule is COc1ccc(NC(=O)CC2CCN(CCN(c3ccccc3)c3ccccc3)CC2)cc1.COc1cccc(NC(=O)CC2CCN(CCN(c3ccccc3)c3ccccc3)CC2)c1.O=C(CC1CCN(CCN(c2ccccc2)c2ccccc2)CC1)Nc1ccc(F)cc1.O=C(CC1CCN(CCN(c2ccccc2)c2ccccc2)CC1)Nc1ccccc1. The van der Waals surface area contributed by atoms with E-state index in [2.05, 4.69) is 291 Å². The molecule has 4 amide bonds. The number of hydrogen-bond acceptors (Lipinski definition) is 14. The molecule has 0 aromatic heterocycles. The molecular formula is C110H127FN12O6. The molecule has 0 unspecified atom stereocenters. The molecule has 4 N–H and O–H groups in total. The summed E-state index contributed by atoms with van der Waals surface area (Å²) in [5.41, 5.74) is 12.9. The number of ether oxygens (including phenoxy) is 2. The molecule has 0 saturated carbocycles. The minimum Gasteiger partial charge on any atom is -0.497 e. The van der Waals surface area contributed by atoms with Crippen molar-refractivity contribution in [3.63, 3.8) is 0 Å². The Bertz CT molecular complexity index is 5040. The van der Waals surface area contributed by atoms with Gasteiger partial charge in [0.1, 0.15) is 17.3 Å². The Morgan fingerprint density at radius 3 is 0.713 bits per heavy atom. The molecule has 0 bridgehead atoms. The average Bonchev–Trinajstić information content (AvgIpc) is 0.851. The van der Waals surface area contributed by atoms with Crippen LogP contribution in [0.1, 0.15) is 77.0 Å². The van der Waals surface area contributed by atoms with Gasteiger partial charge in [-0.1, -0.05) is 170 Å². The quantitative estimate of drug-likeness (QED) is 0.0302. The average molecular weight is 1730 g/mol. The minimum atomic E-state index is -0.298.